The Hall–Kier alpha value is -1.78. The van der Waals surface area contributed by atoms with E-state index in [1.165, 1.54) is 38.5 Å². The van der Waals surface area contributed by atoms with Crippen LogP contribution in [-0.4, -0.2) is 104 Å². The van der Waals surface area contributed by atoms with Crippen molar-refractivity contribution in [1.29, 1.82) is 0 Å². The second-order valence-corrected chi connectivity index (χ2v) is 19.0. The van der Waals surface area contributed by atoms with Gasteiger partial charge in [0.1, 0.15) is 12.7 Å². The van der Waals surface area contributed by atoms with E-state index in [4.69, 9.17) is 23.8 Å². The number of phosphoric acid groups is 2. The molecule has 0 aromatic carbocycles. The van der Waals surface area contributed by atoms with Crippen LogP contribution >= 0.6 is 15.6 Å². The fourth-order valence-electron chi connectivity index (χ4n) is 6.98. The predicted octanol–water partition coefficient (Wildman–Crippen LogP) is 8.05. The molecule has 8 atom stereocenters. The molecule has 1 fully saturated rings. The number of hydrogen-bond acceptors (Lipinski definition) is 13. The number of unbranched alkanes of at least 4 members (excludes halogenated alkanes) is 14. The Labute approximate surface area is 370 Å². The van der Waals surface area contributed by atoms with Gasteiger partial charge in [-0.15, -0.1) is 0 Å². The monoisotopic (exact) mass is 926 g/mol. The highest BCUT2D eigenvalue weighted by molar-refractivity contribution is 7.47. The Morgan fingerprint density at radius 1 is 0.645 bits per heavy atom. The number of aliphatic hydroxyl groups excluding tert-OH is 4. The molecule has 0 aromatic heterocycles. The van der Waals surface area contributed by atoms with Gasteiger partial charge in [-0.2, -0.15) is 0 Å². The lowest BCUT2D eigenvalue weighted by molar-refractivity contribution is -0.161. The predicted molar refractivity (Wildman–Crippen MR) is 237 cm³/mol. The third kappa shape index (κ3) is 32.0. The smallest absolute Gasteiger partial charge is 0.462 e. The summed E-state index contributed by atoms with van der Waals surface area (Å²) in [5, 5.41) is 41.1. The maximum absolute atomic E-state index is 12.8. The topological polar surface area (TPSA) is 256 Å². The summed E-state index contributed by atoms with van der Waals surface area (Å²) < 4.78 is 47.8. The zero-order valence-electron chi connectivity index (χ0n) is 37.3. The van der Waals surface area contributed by atoms with E-state index in [9.17, 15) is 44.0 Å². The first-order valence-electron chi connectivity index (χ1n) is 22.9. The molecule has 0 heterocycles. The SMILES string of the molecule is CCCCCCCC/C=C\CCCCCCCC(=O)OC[C@H](COP(=O)(O)OC[C@@H](O)COP(=O)(O)O)OC(=O)CCC/C=C/C[C@@H]1[C@@H](/C=C/[C@@H](O)CCCCC)[C@H](O)C[C@@H]1O. The molecule has 1 unspecified atom stereocenters. The molecule has 0 spiro atoms. The first kappa shape index (κ1) is 58.2. The molecule has 0 radical (unpaired) electrons. The zero-order valence-corrected chi connectivity index (χ0v) is 39.1. The van der Waals surface area contributed by atoms with Crippen molar-refractivity contribution in [2.24, 2.45) is 11.8 Å². The average Bonchev–Trinajstić information content (AvgIpc) is 3.49. The summed E-state index contributed by atoms with van der Waals surface area (Å²) in [6, 6.07) is 0. The summed E-state index contributed by atoms with van der Waals surface area (Å²) in [5.74, 6) is -1.75. The molecule has 1 aliphatic carbocycles. The maximum Gasteiger partial charge on any atom is 0.472 e. The Kier molecular flexibility index (Phi) is 33.3. The number of allylic oxidation sites excluding steroid dienone is 4. The molecule has 18 heteroatoms. The fourth-order valence-corrected chi connectivity index (χ4v) is 8.14. The lowest BCUT2D eigenvalue weighted by Crippen LogP contribution is -2.29. The Morgan fingerprint density at radius 3 is 1.85 bits per heavy atom. The van der Waals surface area contributed by atoms with Gasteiger partial charge in [0, 0.05) is 25.2 Å². The van der Waals surface area contributed by atoms with E-state index >= 15 is 0 Å². The number of phosphoric ester groups is 2. The van der Waals surface area contributed by atoms with Crippen LogP contribution in [0.3, 0.4) is 0 Å². The van der Waals surface area contributed by atoms with Gasteiger partial charge >= 0.3 is 27.6 Å². The number of carbonyl (C=O) groups excluding carboxylic acids is 2. The second kappa shape index (κ2) is 35.5. The van der Waals surface area contributed by atoms with Crippen LogP contribution in [0.4, 0.5) is 0 Å². The van der Waals surface area contributed by atoms with Gasteiger partial charge in [0.05, 0.1) is 38.1 Å². The summed E-state index contributed by atoms with van der Waals surface area (Å²) in [4.78, 5) is 52.9. The normalized spacial score (nSPS) is 20.9. The molecule has 0 aliphatic heterocycles. The minimum atomic E-state index is -4.90. The van der Waals surface area contributed by atoms with Crippen molar-refractivity contribution in [3.8, 4) is 0 Å². The lowest BCUT2D eigenvalue weighted by Gasteiger charge is -2.20. The van der Waals surface area contributed by atoms with Crippen LogP contribution in [0.5, 0.6) is 0 Å². The molecule has 0 saturated heterocycles. The Morgan fingerprint density at radius 2 is 1.19 bits per heavy atom. The number of rotatable bonds is 39. The van der Waals surface area contributed by atoms with Gasteiger partial charge in [-0.3, -0.25) is 23.2 Å². The molecular weight excluding hydrogens is 846 g/mol. The van der Waals surface area contributed by atoms with Crippen LogP contribution in [0.15, 0.2) is 36.5 Å². The Bertz CT molecular complexity index is 1350. The molecular formula is C44H80O16P2. The van der Waals surface area contributed by atoms with Crippen molar-refractivity contribution in [1.82, 2.24) is 0 Å². The number of esters is 2. The summed E-state index contributed by atoms with van der Waals surface area (Å²) >= 11 is 0. The quantitative estimate of drug-likeness (QED) is 0.0133. The summed E-state index contributed by atoms with van der Waals surface area (Å²) in [5.41, 5.74) is 0. The van der Waals surface area contributed by atoms with Gasteiger partial charge in [-0.05, 0) is 63.7 Å². The number of ether oxygens (including phenoxy) is 2. The number of carbonyl (C=O) groups is 2. The van der Waals surface area contributed by atoms with Gasteiger partial charge in [0.25, 0.3) is 0 Å². The first-order valence-corrected chi connectivity index (χ1v) is 26.0. The molecule has 7 N–H and O–H groups in total. The van der Waals surface area contributed by atoms with Crippen LogP contribution < -0.4 is 0 Å². The van der Waals surface area contributed by atoms with Gasteiger partial charge in [-0.25, -0.2) is 9.13 Å². The minimum Gasteiger partial charge on any atom is -0.462 e. The average molecular weight is 927 g/mol. The standard InChI is InChI=1S/C44H80O16P2/c1-3-5-7-8-9-10-11-12-13-14-15-16-17-18-23-27-43(49)56-34-38(35-59-62(54,55)58-33-37(46)32-57-61(51,52)53)60-44(50)28-24-20-19-22-26-39-40(42(48)31-41(39)47)30-29-36(45)25-21-6-4-2/h12-13,19,22,29-30,36-42,45-48H,3-11,14-18,20-21,23-28,31-35H2,1-2H3,(H,54,55)(H2,51,52,53)/b13-12-,22-19+,30-29+/t36-,37-,38+,39+,40+,41-,42+/m0/s1. The molecule has 1 rings (SSSR count). The van der Waals surface area contributed by atoms with E-state index in [1.807, 2.05) is 12.2 Å². The van der Waals surface area contributed by atoms with Crippen molar-refractivity contribution < 1.29 is 76.9 Å². The highest BCUT2D eigenvalue weighted by Gasteiger charge is 2.39. The molecule has 62 heavy (non-hydrogen) atoms. The van der Waals surface area contributed by atoms with Gasteiger partial charge < -0.3 is 44.6 Å². The third-order valence-electron chi connectivity index (χ3n) is 10.6. The number of aliphatic hydroxyl groups is 4. The van der Waals surface area contributed by atoms with Crippen LogP contribution in [0.1, 0.15) is 162 Å². The highest BCUT2D eigenvalue weighted by Crippen LogP contribution is 2.44. The van der Waals surface area contributed by atoms with E-state index in [-0.39, 0.29) is 31.1 Å². The van der Waals surface area contributed by atoms with Crippen LogP contribution in [0, 0.1) is 11.8 Å². The fraction of sp³-hybridized carbons (Fsp3) is 0.818. The molecule has 1 aliphatic rings. The summed E-state index contributed by atoms with van der Waals surface area (Å²) in [6.07, 6.45) is 26.6. The van der Waals surface area contributed by atoms with Gasteiger partial charge in [-0.1, -0.05) is 121 Å². The van der Waals surface area contributed by atoms with Crippen LogP contribution in [0.2, 0.25) is 0 Å². The molecule has 16 nitrogen and oxygen atoms in total. The molecule has 0 bridgehead atoms. The number of hydrogen-bond donors (Lipinski definition) is 7. The maximum atomic E-state index is 12.8. The van der Waals surface area contributed by atoms with Gasteiger partial charge in [0.2, 0.25) is 0 Å². The minimum absolute atomic E-state index is 0.0468. The zero-order chi connectivity index (χ0) is 46.1. The lowest BCUT2D eigenvalue weighted by atomic mass is 9.89. The molecule has 362 valence electrons. The van der Waals surface area contributed by atoms with Crippen molar-refractivity contribution in [2.75, 3.05) is 26.4 Å². The van der Waals surface area contributed by atoms with Crippen molar-refractivity contribution in [2.45, 2.75) is 192 Å². The van der Waals surface area contributed by atoms with Crippen molar-refractivity contribution in [3.05, 3.63) is 36.5 Å². The van der Waals surface area contributed by atoms with E-state index in [2.05, 4.69) is 35.0 Å². The summed E-state index contributed by atoms with van der Waals surface area (Å²) in [7, 11) is -9.78. The van der Waals surface area contributed by atoms with Crippen molar-refractivity contribution >= 4 is 27.6 Å². The van der Waals surface area contributed by atoms with E-state index < -0.39 is 84.5 Å². The molecule has 0 amide bonds. The Balaban J connectivity index is 2.57. The molecule has 1 saturated carbocycles. The van der Waals surface area contributed by atoms with Crippen LogP contribution in [0.25, 0.3) is 0 Å². The van der Waals surface area contributed by atoms with Crippen LogP contribution in [-0.2, 0) is 41.8 Å². The first-order chi connectivity index (χ1) is 29.6. The highest BCUT2D eigenvalue weighted by atomic mass is 31.2. The van der Waals surface area contributed by atoms with E-state index in [0.29, 0.717) is 32.1 Å². The third-order valence-corrected chi connectivity index (χ3v) is 12.0. The second-order valence-electron chi connectivity index (χ2n) is 16.3. The van der Waals surface area contributed by atoms with E-state index in [1.54, 1.807) is 12.2 Å². The largest absolute Gasteiger partial charge is 0.472 e. The van der Waals surface area contributed by atoms with Crippen molar-refractivity contribution in [3.63, 3.8) is 0 Å². The summed E-state index contributed by atoms with van der Waals surface area (Å²) in [6.45, 7) is 1.37. The van der Waals surface area contributed by atoms with Gasteiger partial charge in [0.15, 0.2) is 6.10 Å². The van der Waals surface area contributed by atoms with E-state index in [0.717, 1.165) is 57.8 Å². The molecule has 0 aromatic rings.